The summed E-state index contributed by atoms with van der Waals surface area (Å²) in [5.41, 5.74) is 7.74. The third-order valence-corrected chi connectivity index (χ3v) is 5.44. The topological polar surface area (TPSA) is 38.9 Å². The molecule has 1 aromatic carbocycles. The van der Waals surface area contributed by atoms with Crippen LogP contribution >= 0.6 is 11.3 Å². The lowest BCUT2D eigenvalue weighted by Gasteiger charge is -2.37. The second-order valence-corrected chi connectivity index (χ2v) is 7.10. The molecule has 2 aromatic rings. The first-order valence-corrected chi connectivity index (χ1v) is 8.13. The Kier molecular flexibility index (Phi) is 3.59. The van der Waals surface area contributed by atoms with Crippen molar-refractivity contribution < 1.29 is 0 Å². The van der Waals surface area contributed by atoms with Gasteiger partial charge in [-0.05, 0) is 30.9 Å². The van der Waals surface area contributed by atoms with E-state index in [2.05, 4.69) is 31.2 Å². The molecule has 3 rings (SSSR count). The Morgan fingerprint density at radius 2 is 2.26 bits per heavy atom. The Morgan fingerprint density at radius 1 is 1.42 bits per heavy atom. The standard InChI is InChI=1S/C16H22N2S/c1-2-12-6-5-9-16(17,10-12)11-15-18-13-7-3-4-8-14(13)19-15/h3-4,7-8,12H,2,5-6,9-11,17H2,1H3. The number of para-hydroxylation sites is 1. The number of nitrogens with two attached hydrogens (primary N) is 1. The number of thiazole rings is 1. The van der Waals surface area contributed by atoms with Crippen LogP contribution in [0.25, 0.3) is 10.2 Å². The van der Waals surface area contributed by atoms with Crippen molar-refractivity contribution in [3.63, 3.8) is 0 Å². The summed E-state index contributed by atoms with van der Waals surface area (Å²) in [6, 6.07) is 8.37. The summed E-state index contributed by atoms with van der Waals surface area (Å²) in [6.07, 6.45) is 7.16. The summed E-state index contributed by atoms with van der Waals surface area (Å²) in [6.45, 7) is 2.29. The maximum atomic E-state index is 6.65. The van der Waals surface area contributed by atoms with Crippen molar-refractivity contribution in [1.82, 2.24) is 4.98 Å². The van der Waals surface area contributed by atoms with E-state index in [-0.39, 0.29) is 5.54 Å². The number of hydrogen-bond acceptors (Lipinski definition) is 3. The van der Waals surface area contributed by atoms with Gasteiger partial charge < -0.3 is 5.73 Å². The van der Waals surface area contributed by atoms with Gasteiger partial charge in [0.1, 0.15) is 0 Å². The van der Waals surface area contributed by atoms with E-state index in [0.717, 1.165) is 24.3 Å². The van der Waals surface area contributed by atoms with Crippen LogP contribution in [0, 0.1) is 5.92 Å². The third kappa shape index (κ3) is 2.82. The monoisotopic (exact) mass is 274 g/mol. The zero-order valence-corrected chi connectivity index (χ0v) is 12.4. The molecule has 2 nitrogen and oxygen atoms in total. The molecule has 1 aliphatic rings. The number of nitrogens with zero attached hydrogens (tertiary/aromatic N) is 1. The highest BCUT2D eigenvalue weighted by molar-refractivity contribution is 7.18. The zero-order valence-electron chi connectivity index (χ0n) is 11.6. The van der Waals surface area contributed by atoms with E-state index in [0.29, 0.717) is 0 Å². The number of hydrogen-bond donors (Lipinski definition) is 1. The molecule has 2 unspecified atom stereocenters. The van der Waals surface area contributed by atoms with Gasteiger partial charge in [0.25, 0.3) is 0 Å². The Labute approximate surface area is 119 Å². The molecule has 0 bridgehead atoms. The van der Waals surface area contributed by atoms with Gasteiger partial charge in [-0.2, -0.15) is 0 Å². The van der Waals surface area contributed by atoms with Crippen LogP contribution in [0.4, 0.5) is 0 Å². The largest absolute Gasteiger partial charge is 0.325 e. The minimum absolute atomic E-state index is 0.0210. The molecule has 1 aliphatic carbocycles. The second-order valence-electron chi connectivity index (χ2n) is 5.99. The summed E-state index contributed by atoms with van der Waals surface area (Å²) in [5, 5.41) is 1.21. The Hall–Kier alpha value is -0.930. The third-order valence-electron chi connectivity index (χ3n) is 4.40. The van der Waals surface area contributed by atoms with E-state index < -0.39 is 0 Å². The fourth-order valence-corrected chi connectivity index (χ4v) is 4.45. The van der Waals surface area contributed by atoms with E-state index in [1.165, 1.54) is 35.4 Å². The molecule has 0 saturated heterocycles. The lowest BCUT2D eigenvalue weighted by molar-refractivity contribution is 0.218. The Bertz CT molecular complexity index is 530. The van der Waals surface area contributed by atoms with Crippen molar-refractivity contribution in [3.8, 4) is 0 Å². The van der Waals surface area contributed by atoms with Gasteiger partial charge in [-0.1, -0.05) is 38.3 Å². The van der Waals surface area contributed by atoms with Gasteiger partial charge in [0.15, 0.2) is 0 Å². The lowest BCUT2D eigenvalue weighted by atomic mass is 9.74. The highest BCUT2D eigenvalue weighted by Gasteiger charge is 2.33. The van der Waals surface area contributed by atoms with Crippen LogP contribution in [0.1, 0.15) is 44.0 Å². The van der Waals surface area contributed by atoms with Crippen molar-refractivity contribution in [2.75, 3.05) is 0 Å². The molecule has 0 radical (unpaired) electrons. The van der Waals surface area contributed by atoms with Crippen molar-refractivity contribution >= 4 is 21.6 Å². The van der Waals surface area contributed by atoms with E-state index in [1.807, 2.05) is 11.3 Å². The number of benzene rings is 1. The van der Waals surface area contributed by atoms with E-state index >= 15 is 0 Å². The van der Waals surface area contributed by atoms with Gasteiger partial charge in [0, 0.05) is 12.0 Å². The van der Waals surface area contributed by atoms with E-state index in [1.54, 1.807) is 0 Å². The van der Waals surface area contributed by atoms with Gasteiger partial charge in [-0.3, -0.25) is 0 Å². The quantitative estimate of drug-likeness (QED) is 0.913. The average molecular weight is 274 g/mol. The smallest absolute Gasteiger partial charge is 0.0956 e. The zero-order chi connectivity index (χ0) is 13.3. The summed E-state index contributed by atoms with van der Waals surface area (Å²) in [5.74, 6) is 0.813. The van der Waals surface area contributed by atoms with E-state index in [9.17, 15) is 0 Å². The highest BCUT2D eigenvalue weighted by Crippen LogP contribution is 2.36. The maximum Gasteiger partial charge on any atom is 0.0956 e. The van der Waals surface area contributed by atoms with Gasteiger partial charge in [-0.15, -0.1) is 11.3 Å². The average Bonchev–Trinajstić information content (AvgIpc) is 2.79. The molecule has 102 valence electrons. The minimum Gasteiger partial charge on any atom is -0.325 e. The van der Waals surface area contributed by atoms with Crippen LogP contribution < -0.4 is 5.73 Å². The maximum absolute atomic E-state index is 6.65. The molecule has 0 aliphatic heterocycles. The second kappa shape index (κ2) is 5.22. The van der Waals surface area contributed by atoms with Crippen LogP contribution in [0.2, 0.25) is 0 Å². The van der Waals surface area contributed by atoms with Crippen LogP contribution in [0.5, 0.6) is 0 Å². The summed E-state index contributed by atoms with van der Waals surface area (Å²) < 4.78 is 1.28. The predicted octanol–water partition coefficient (Wildman–Crippen LogP) is 4.14. The lowest BCUT2D eigenvalue weighted by Crippen LogP contribution is -2.46. The number of aromatic nitrogens is 1. The molecule has 0 amide bonds. The Morgan fingerprint density at radius 3 is 3.05 bits per heavy atom. The molecular weight excluding hydrogens is 252 g/mol. The first-order valence-electron chi connectivity index (χ1n) is 7.32. The SMILES string of the molecule is CCC1CCCC(N)(Cc2nc3ccccc3s2)C1. The van der Waals surface area contributed by atoms with Gasteiger partial charge in [0.2, 0.25) is 0 Å². The summed E-state index contributed by atoms with van der Waals surface area (Å²) >= 11 is 1.81. The molecule has 2 atom stereocenters. The first kappa shape index (κ1) is 13.1. The van der Waals surface area contributed by atoms with Gasteiger partial charge >= 0.3 is 0 Å². The molecule has 3 heteroatoms. The first-order chi connectivity index (χ1) is 9.18. The normalized spacial score (nSPS) is 27.8. The molecule has 1 saturated carbocycles. The number of fused-ring (bicyclic) bond motifs is 1. The Balaban J connectivity index is 1.79. The van der Waals surface area contributed by atoms with Crippen molar-refractivity contribution in [2.45, 2.75) is 51.0 Å². The van der Waals surface area contributed by atoms with Crippen LogP contribution in [0.3, 0.4) is 0 Å². The molecule has 19 heavy (non-hydrogen) atoms. The predicted molar refractivity (Wildman–Crippen MR) is 82.5 cm³/mol. The summed E-state index contributed by atoms with van der Waals surface area (Å²) in [4.78, 5) is 4.74. The van der Waals surface area contributed by atoms with Gasteiger partial charge in [0.05, 0.1) is 15.2 Å². The molecule has 1 fully saturated rings. The molecule has 2 N–H and O–H groups in total. The summed E-state index contributed by atoms with van der Waals surface area (Å²) in [7, 11) is 0. The molecule has 0 spiro atoms. The van der Waals surface area contributed by atoms with Crippen molar-refractivity contribution in [3.05, 3.63) is 29.3 Å². The molecule has 1 heterocycles. The fourth-order valence-electron chi connectivity index (χ4n) is 3.33. The van der Waals surface area contributed by atoms with E-state index in [4.69, 9.17) is 10.7 Å². The van der Waals surface area contributed by atoms with Crippen LogP contribution in [0.15, 0.2) is 24.3 Å². The fraction of sp³-hybridized carbons (Fsp3) is 0.562. The van der Waals surface area contributed by atoms with Gasteiger partial charge in [-0.25, -0.2) is 4.98 Å². The molecule has 1 aromatic heterocycles. The molecular formula is C16H22N2S. The minimum atomic E-state index is -0.0210. The number of rotatable bonds is 3. The van der Waals surface area contributed by atoms with Crippen molar-refractivity contribution in [1.29, 1.82) is 0 Å². The van der Waals surface area contributed by atoms with Crippen LogP contribution in [-0.4, -0.2) is 10.5 Å². The van der Waals surface area contributed by atoms with Crippen LogP contribution in [-0.2, 0) is 6.42 Å². The highest BCUT2D eigenvalue weighted by atomic mass is 32.1. The van der Waals surface area contributed by atoms with Crippen molar-refractivity contribution in [2.24, 2.45) is 11.7 Å².